The Kier molecular flexibility index (Phi) is 2.12. The summed E-state index contributed by atoms with van der Waals surface area (Å²) in [7, 11) is 2.88. The van der Waals surface area contributed by atoms with Gasteiger partial charge in [0.25, 0.3) is 5.91 Å². The molecule has 1 unspecified atom stereocenters. The van der Waals surface area contributed by atoms with E-state index in [0.29, 0.717) is 5.76 Å². The van der Waals surface area contributed by atoms with Crippen LogP contribution in [0.1, 0.15) is 6.42 Å². The average Bonchev–Trinajstić information content (AvgIpc) is 2.20. The lowest BCUT2D eigenvalue weighted by molar-refractivity contribution is -0.231. The summed E-state index contributed by atoms with van der Waals surface area (Å²) in [6.07, 6.45) is 4.70. The number of rotatable bonds is 2. The van der Waals surface area contributed by atoms with E-state index in [1.165, 1.54) is 31.4 Å². The van der Waals surface area contributed by atoms with E-state index in [0.717, 1.165) is 0 Å². The molecular formula is C10H11NO4. The third-order valence-corrected chi connectivity index (χ3v) is 2.64. The predicted molar refractivity (Wildman–Crippen MR) is 50.4 cm³/mol. The minimum Gasteiger partial charge on any atom is -0.498 e. The molecule has 5 heteroatoms. The van der Waals surface area contributed by atoms with Crippen LogP contribution in [0.3, 0.4) is 0 Å². The summed E-state index contributed by atoms with van der Waals surface area (Å²) in [6, 6.07) is 0. The molecular weight excluding hydrogens is 198 g/mol. The van der Waals surface area contributed by atoms with Crippen LogP contribution in [0.4, 0.5) is 0 Å². The molecule has 1 aliphatic carbocycles. The van der Waals surface area contributed by atoms with Crippen molar-refractivity contribution in [3.05, 3.63) is 24.0 Å². The molecule has 0 bridgehead atoms. The van der Waals surface area contributed by atoms with Crippen molar-refractivity contribution >= 4 is 11.7 Å². The summed E-state index contributed by atoms with van der Waals surface area (Å²) in [5, 5.41) is 1.21. The van der Waals surface area contributed by atoms with Crippen LogP contribution in [0, 0.1) is 0 Å². The van der Waals surface area contributed by atoms with Crippen molar-refractivity contribution in [1.29, 1.82) is 0 Å². The number of ether oxygens (including phenoxy) is 1. The lowest BCUT2D eigenvalue weighted by Gasteiger charge is -2.48. The van der Waals surface area contributed by atoms with Gasteiger partial charge in [0.05, 0.1) is 20.6 Å². The molecule has 80 valence electrons. The van der Waals surface area contributed by atoms with Crippen LogP contribution in [0.25, 0.3) is 0 Å². The molecule has 1 amide bonds. The van der Waals surface area contributed by atoms with Crippen molar-refractivity contribution in [2.75, 3.05) is 14.2 Å². The van der Waals surface area contributed by atoms with Gasteiger partial charge in [-0.2, -0.15) is 0 Å². The van der Waals surface area contributed by atoms with Gasteiger partial charge >= 0.3 is 0 Å². The molecule has 1 atom stereocenters. The quantitative estimate of drug-likeness (QED) is 0.609. The number of hydrogen-bond donors (Lipinski definition) is 0. The Labute approximate surface area is 86.9 Å². The topological polar surface area (TPSA) is 55.8 Å². The normalized spacial score (nSPS) is 29.2. The van der Waals surface area contributed by atoms with E-state index in [2.05, 4.69) is 0 Å². The number of allylic oxidation sites excluding steroid dienone is 2. The van der Waals surface area contributed by atoms with Crippen molar-refractivity contribution in [3.63, 3.8) is 0 Å². The summed E-state index contributed by atoms with van der Waals surface area (Å²) in [5.41, 5.74) is -0.714. The van der Waals surface area contributed by atoms with Gasteiger partial charge in [0, 0.05) is 6.08 Å². The van der Waals surface area contributed by atoms with E-state index in [1.54, 1.807) is 6.08 Å². The largest absolute Gasteiger partial charge is 0.498 e. The van der Waals surface area contributed by atoms with Gasteiger partial charge in [-0.3, -0.25) is 14.4 Å². The molecule has 0 aromatic rings. The molecule has 15 heavy (non-hydrogen) atoms. The number of β-lactam (4-membered cyclic amide) rings is 1. The molecule has 1 heterocycles. The van der Waals surface area contributed by atoms with E-state index in [-0.39, 0.29) is 18.1 Å². The first-order valence-corrected chi connectivity index (χ1v) is 4.50. The highest BCUT2D eigenvalue weighted by atomic mass is 16.7. The molecule has 0 N–H and O–H groups in total. The summed E-state index contributed by atoms with van der Waals surface area (Å²) in [6.45, 7) is 0. The Morgan fingerprint density at radius 2 is 2.13 bits per heavy atom. The van der Waals surface area contributed by atoms with Gasteiger partial charge in [-0.15, -0.1) is 0 Å². The highest BCUT2D eigenvalue weighted by Gasteiger charge is 2.55. The highest BCUT2D eigenvalue weighted by Crippen LogP contribution is 2.41. The second kappa shape index (κ2) is 3.20. The van der Waals surface area contributed by atoms with Gasteiger partial charge in [0.1, 0.15) is 5.76 Å². The first-order chi connectivity index (χ1) is 7.14. The monoisotopic (exact) mass is 209 g/mol. The van der Waals surface area contributed by atoms with Gasteiger partial charge in [0.2, 0.25) is 0 Å². The number of ketones is 1. The van der Waals surface area contributed by atoms with Crippen LogP contribution in [-0.2, 0) is 19.2 Å². The molecule has 0 aromatic carbocycles. The smallest absolute Gasteiger partial charge is 0.250 e. The van der Waals surface area contributed by atoms with Crippen LogP contribution < -0.4 is 0 Å². The Balaban J connectivity index is 2.36. The Morgan fingerprint density at radius 3 is 2.67 bits per heavy atom. The number of hydrogen-bond acceptors (Lipinski definition) is 4. The first-order valence-electron chi connectivity index (χ1n) is 4.50. The van der Waals surface area contributed by atoms with Gasteiger partial charge < -0.3 is 4.74 Å². The first kappa shape index (κ1) is 9.92. The Hall–Kier alpha value is -1.62. The molecule has 1 spiro atoms. The maximum Gasteiger partial charge on any atom is 0.250 e. The van der Waals surface area contributed by atoms with E-state index in [9.17, 15) is 9.59 Å². The number of nitrogens with zero attached hydrogens (tertiary/aromatic N) is 1. The fourth-order valence-corrected chi connectivity index (χ4v) is 1.92. The summed E-state index contributed by atoms with van der Waals surface area (Å²) in [4.78, 5) is 27.4. The number of amides is 1. The van der Waals surface area contributed by atoms with Crippen LogP contribution in [0.15, 0.2) is 24.0 Å². The van der Waals surface area contributed by atoms with Crippen LogP contribution in [0.5, 0.6) is 0 Å². The fourth-order valence-electron chi connectivity index (χ4n) is 1.92. The lowest BCUT2D eigenvalue weighted by Crippen LogP contribution is -2.63. The zero-order valence-electron chi connectivity index (χ0n) is 8.52. The fraction of sp³-hybridized carbons (Fsp3) is 0.400. The standard InChI is InChI=1S/C10H11NO4/c1-14-8-5-7(12)3-4-10(8)6-9(13)11(10)15-2/h3-5H,6H2,1-2H3. The molecule has 1 saturated heterocycles. The number of methoxy groups -OCH3 is 1. The van der Waals surface area contributed by atoms with Gasteiger partial charge in [-0.1, -0.05) is 0 Å². The predicted octanol–water partition coefficient (Wildman–Crippen LogP) is 0.188. The molecule has 0 aromatic heterocycles. The Morgan fingerprint density at radius 1 is 1.40 bits per heavy atom. The number of carbonyl (C=O) groups is 2. The number of hydroxylamine groups is 2. The van der Waals surface area contributed by atoms with Gasteiger partial charge in [-0.05, 0) is 12.2 Å². The van der Waals surface area contributed by atoms with Crippen molar-refractivity contribution < 1.29 is 19.2 Å². The van der Waals surface area contributed by atoms with E-state index < -0.39 is 5.54 Å². The molecule has 1 aliphatic heterocycles. The third-order valence-electron chi connectivity index (χ3n) is 2.64. The molecule has 5 nitrogen and oxygen atoms in total. The second-order valence-electron chi connectivity index (χ2n) is 3.42. The van der Waals surface area contributed by atoms with Gasteiger partial charge in [-0.25, -0.2) is 5.06 Å². The second-order valence-corrected chi connectivity index (χ2v) is 3.42. The number of carbonyl (C=O) groups excluding carboxylic acids is 2. The van der Waals surface area contributed by atoms with Crippen LogP contribution in [0.2, 0.25) is 0 Å². The summed E-state index contributed by atoms with van der Waals surface area (Å²) < 4.78 is 5.11. The van der Waals surface area contributed by atoms with Crippen molar-refractivity contribution in [3.8, 4) is 0 Å². The van der Waals surface area contributed by atoms with Crippen molar-refractivity contribution in [2.24, 2.45) is 0 Å². The zero-order chi connectivity index (χ0) is 11.1. The third kappa shape index (κ3) is 1.20. The summed E-state index contributed by atoms with van der Waals surface area (Å²) in [5.74, 6) is 0.170. The maximum absolute atomic E-state index is 11.3. The van der Waals surface area contributed by atoms with Crippen molar-refractivity contribution in [2.45, 2.75) is 12.0 Å². The minimum absolute atomic E-state index is 0.126. The van der Waals surface area contributed by atoms with Crippen LogP contribution in [-0.4, -0.2) is 36.5 Å². The van der Waals surface area contributed by atoms with E-state index in [1.807, 2.05) is 0 Å². The van der Waals surface area contributed by atoms with E-state index in [4.69, 9.17) is 9.57 Å². The molecule has 0 saturated carbocycles. The zero-order valence-corrected chi connectivity index (χ0v) is 8.52. The van der Waals surface area contributed by atoms with Crippen LogP contribution >= 0.6 is 0 Å². The minimum atomic E-state index is -0.714. The van der Waals surface area contributed by atoms with Gasteiger partial charge in [0.15, 0.2) is 11.3 Å². The Bertz CT molecular complexity index is 385. The SMILES string of the molecule is COC1=CC(=O)C=CC12CC(=O)N2OC. The molecule has 1 fully saturated rings. The van der Waals surface area contributed by atoms with Crippen molar-refractivity contribution in [1.82, 2.24) is 5.06 Å². The summed E-state index contributed by atoms with van der Waals surface area (Å²) >= 11 is 0. The highest BCUT2D eigenvalue weighted by molar-refractivity contribution is 6.02. The lowest BCUT2D eigenvalue weighted by atomic mass is 9.80. The molecule has 2 rings (SSSR count). The maximum atomic E-state index is 11.3. The molecule has 0 radical (unpaired) electrons. The average molecular weight is 209 g/mol. The van der Waals surface area contributed by atoms with E-state index >= 15 is 0 Å². The molecule has 2 aliphatic rings.